The third kappa shape index (κ3) is 7.25. The predicted octanol–water partition coefficient (Wildman–Crippen LogP) is 0.413. The number of rotatable bonds is 3. The molecule has 2 aromatic rings. The molecule has 0 aliphatic carbocycles. The second-order valence-corrected chi connectivity index (χ2v) is 8.64. The van der Waals surface area contributed by atoms with Gasteiger partial charge in [0.05, 0.1) is 6.33 Å². The summed E-state index contributed by atoms with van der Waals surface area (Å²) in [4.78, 5) is 12.2. The van der Waals surface area contributed by atoms with E-state index in [2.05, 4.69) is 26.8 Å². The molecule has 0 spiro atoms. The molecule has 5 unspecified atom stereocenters. The molecule has 0 amide bonds. The van der Waals surface area contributed by atoms with Crippen molar-refractivity contribution >= 4 is 22.9 Å². The number of hydrogen-bond donors (Lipinski definition) is 5. The van der Waals surface area contributed by atoms with Crippen molar-refractivity contribution in [2.75, 3.05) is 11.5 Å². The molecule has 37 heavy (non-hydrogen) atoms. The first-order valence-corrected chi connectivity index (χ1v) is 11.1. The summed E-state index contributed by atoms with van der Waals surface area (Å²) < 4.78 is 12.7. The van der Waals surface area contributed by atoms with Gasteiger partial charge in [-0.25, -0.2) is 4.98 Å². The molecule has 2 aliphatic heterocycles. The Balaban J connectivity index is 0.000000749. The van der Waals surface area contributed by atoms with E-state index in [0.29, 0.717) is 24.0 Å². The van der Waals surface area contributed by atoms with Crippen LogP contribution in [-0.4, -0.2) is 64.5 Å². The van der Waals surface area contributed by atoms with Crippen LogP contribution in [0.2, 0.25) is 0 Å². The Morgan fingerprint density at radius 2 is 1.46 bits per heavy atom. The van der Waals surface area contributed by atoms with Gasteiger partial charge in [0.15, 0.2) is 24.0 Å². The van der Waals surface area contributed by atoms with Gasteiger partial charge < -0.3 is 36.3 Å². The number of nitrogen functional groups attached to an aromatic ring is 2. The Bertz CT molecular complexity index is 1140. The quantitative estimate of drug-likeness (QED) is 0.271. The standard InChI is InChI=1S/C14H18N6O2.C9H14O3.3Ac/c1-4-14(5-2)7(3)9(21)12(22-14)20-6-17-8-10(15)18-13(16)19-11(8)20;1-4-9(5-2)6(3)7(10)8(11)12-9;;;/h1,6-7,9,12,21H,5H2,2-3H3,(H4,15,16,18,19);1,6-8,10-11H,5H2,2-3H3;;;/t7?,9?,12-,14-;6?,7?,8?,9-;;;/m11.../s1. The van der Waals surface area contributed by atoms with Crippen molar-refractivity contribution in [2.45, 2.75) is 76.5 Å². The third-order valence-corrected chi connectivity index (χ3v) is 7.02. The van der Waals surface area contributed by atoms with Crippen LogP contribution in [0.15, 0.2) is 6.33 Å². The van der Waals surface area contributed by atoms with E-state index in [1.54, 1.807) is 11.5 Å². The van der Waals surface area contributed by atoms with Crippen molar-refractivity contribution in [1.82, 2.24) is 19.5 Å². The fourth-order valence-electron chi connectivity index (χ4n) is 4.54. The first kappa shape index (κ1) is 38.4. The minimum atomic E-state index is -1.14. The van der Waals surface area contributed by atoms with Gasteiger partial charge in [0.2, 0.25) is 5.95 Å². The zero-order valence-corrected chi connectivity index (χ0v) is 35.7. The molecular weight excluding hydrogens is 1120 g/mol. The molecule has 4 rings (SSSR count). The molecule has 14 heteroatoms. The Morgan fingerprint density at radius 3 is 1.86 bits per heavy atom. The number of nitrogens with two attached hydrogens (primary N) is 2. The van der Waals surface area contributed by atoms with E-state index in [1.165, 1.54) is 6.33 Å². The van der Waals surface area contributed by atoms with E-state index < -0.39 is 35.9 Å². The van der Waals surface area contributed by atoms with Gasteiger partial charge in [-0.3, -0.25) is 4.57 Å². The van der Waals surface area contributed by atoms with Crippen molar-refractivity contribution in [3.8, 4) is 24.7 Å². The van der Waals surface area contributed by atoms with Crippen LogP contribution >= 0.6 is 0 Å². The van der Waals surface area contributed by atoms with Gasteiger partial charge in [0, 0.05) is 144 Å². The maximum Gasteiger partial charge on any atom is 0.224 e. The van der Waals surface area contributed by atoms with Crippen molar-refractivity contribution in [3.63, 3.8) is 0 Å². The Morgan fingerprint density at radius 1 is 0.946 bits per heavy atom. The van der Waals surface area contributed by atoms with Crippen molar-refractivity contribution in [1.29, 1.82) is 0 Å². The number of imidazole rings is 1. The fourth-order valence-corrected chi connectivity index (χ4v) is 4.54. The van der Waals surface area contributed by atoms with Crippen LogP contribution in [0.4, 0.5) is 11.8 Å². The molecule has 4 heterocycles. The topological polar surface area (TPSA) is 175 Å². The number of hydrogen-bond acceptors (Lipinski definition) is 10. The van der Waals surface area contributed by atoms with Gasteiger partial charge in [-0.05, 0) is 12.8 Å². The molecule has 11 nitrogen and oxygen atoms in total. The van der Waals surface area contributed by atoms with Crippen molar-refractivity contribution in [3.05, 3.63) is 6.33 Å². The molecule has 193 valence electrons. The van der Waals surface area contributed by atoms with Crippen molar-refractivity contribution in [2.24, 2.45) is 11.8 Å². The van der Waals surface area contributed by atoms with Crippen LogP contribution < -0.4 is 11.5 Å². The van der Waals surface area contributed by atoms with Gasteiger partial charge in [-0.15, -0.1) is 12.8 Å². The fraction of sp³-hybridized carbons (Fsp3) is 0.609. The van der Waals surface area contributed by atoms with Gasteiger partial charge in [0.1, 0.15) is 28.9 Å². The van der Waals surface area contributed by atoms with E-state index in [9.17, 15) is 15.3 Å². The van der Waals surface area contributed by atoms with E-state index in [-0.39, 0.29) is 156 Å². The van der Waals surface area contributed by atoms with Gasteiger partial charge >= 0.3 is 0 Å². The molecule has 2 fully saturated rings. The molecule has 0 bridgehead atoms. The monoisotopic (exact) mass is 1150 g/mol. The summed E-state index contributed by atoms with van der Waals surface area (Å²) in [5.74, 6) is 4.93. The molecule has 8 atom stereocenters. The van der Waals surface area contributed by atoms with E-state index in [0.717, 1.165) is 0 Å². The third-order valence-electron chi connectivity index (χ3n) is 7.02. The van der Waals surface area contributed by atoms with Gasteiger partial charge in [-0.2, -0.15) is 9.97 Å². The number of ether oxygens (including phenoxy) is 2. The summed E-state index contributed by atoms with van der Waals surface area (Å²) in [5.41, 5.74) is 10.6. The van der Waals surface area contributed by atoms with Crippen LogP contribution in [0.3, 0.4) is 0 Å². The Hall–Kier alpha value is 1.39. The van der Waals surface area contributed by atoms with E-state index in [4.69, 9.17) is 33.8 Å². The zero-order valence-electron chi connectivity index (χ0n) is 21.4. The molecular formula is C23H32Ac3N6O5. The molecule has 7 N–H and O–H groups in total. The van der Waals surface area contributed by atoms with Crippen LogP contribution in [0, 0.1) is 169 Å². The Labute approximate surface area is 324 Å². The molecule has 3 radical (unpaired) electrons. The number of aromatic nitrogens is 4. The maximum atomic E-state index is 10.6. The summed E-state index contributed by atoms with van der Waals surface area (Å²) in [6.45, 7) is 7.45. The van der Waals surface area contributed by atoms with Crippen LogP contribution in [-0.2, 0) is 9.47 Å². The summed E-state index contributed by atoms with van der Waals surface area (Å²) >= 11 is 0. The predicted molar refractivity (Wildman–Crippen MR) is 125 cm³/mol. The SMILES string of the molecule is C#C[C@]1(CC)OC(O)C(O)C1C.C#C[C@]1(CC)O[C@@H](n2cnc3c(N)nc(N)nc32)C(O)C1C.[Ac].[Ac].[Ac]. The second-order valence-electron chi connectivity index (χ2n) is 8.64. The van der Waals surface area contributed by atoms with Crippen molar-refractivity contribution < 1.29 is 157 Å². The molecule has 0 saturated carbocycles. The maximum absolute atomic E-state index is 10.6. The molecule has 0 aromatic carbocycles. The minimum absolute atomic E-state index is 0. The van der Waals surface area contributed by atoms with Crippen LogP contribution in [0.5, 0.6) is 0 Å². The second kappa shape index (κ2) is 15.6. The molecule has 2 saturated heterocycles. The number of fused-ring (bicyclic) bond motifs is 1. The average Bonchev–Trinajstić information content (AvgIpc) is 3.42. The average molecular weight is 1150 g/mol. The summed E-state index contributed by atoms with van der Waals surface area (Å²) in [6.07, 6.45) is 10.1. The first-order chi connectivity index (χ1) is 16.0. The number of aliphatic hydroxyl groups is 3. The van der Waals surface area contributed by atoms with Crippen LogP contribution in [0.25, 0.3) is 11.2 Å². The zero-order chi connectivity index (χ0) is 25.4. The largest absolute Gasteiger partial charge is 0.388 e. The molecule has 2 aliphatic rings. The first-order valence-electron chi connectivity index (χ1n) is 11.1. The smallest absolute Gasteiger partial charge is 0.224 e. The Kier molecular flexibility index (Phi) is 16.2. The number of nitrogens with zero attached hydrogens (tertiary/aromatic N) is 4. The van der Waals surface area contributed by atoms with Gasteiger partial charge in [-0.1, -0.05) is 39.5 Å². The normalized spacial score (nSPS) is 34.1. The van der Waals surface area contributed by atoms with Gasteiger partial charge in [0.25, 0.3) is 0 Å². The molecule has 2 aromatic heterocycles. The van der Waals surface area contributed by atoms with Crippen LogP contribution in [0.1, 0.15) is 46.8 Å². The number of aliphatic hydroxyl groups excluding tert-OH is 3. The van der Waals surface area contributed by atoms with E-state index in [1.807, 2.05) is 20.8 Å². The minimum Gasteiger partial charge on any atom is -0.388 e. The summed E-state index contributed by atoms with van der Waals surface area (Å²) in [6, 6.07) is 0. The summed E-state index contributed by atoms with van der Waals surface area (Å²) in [5, 5.41) is 29.1. The number of terminal acetylenes is 2. The van der Waals surface area contributed by atoms with E-state index >= 15 is 0 Å². The summed E-state index contributed by atoms with van der Waals surface area (Å²) in [7, 11) is 0. The number of anilines is 2.